The van der Waals surface area contributed by atoms with Gasteiger partial charge in [-0.25, -0.2) is 15.0 Å². The second-order valence-corrected chi connectivity index (χ2v) is 6.96. The van der Waals surface area contributed by atoms with E-state index in [0.717, 1.165) is 54.5 Å². The Morgan fingerprint density at radius 2 is 2.00 bits per heavy atom. The van der Waals surface area contributed by atoms with Crippen LogP contribution in [-0.2, 0) is 19.5 Å². The van der Waals surface area contributed by atoms with Gasteiger partial charge in [0.05, 0.1) is 5.69 Å². The molecule has 0 spiro atoms. The van der Waals surface area contributed by atoms with Crippen molar-refractivity contribution in [3.05, 3.63) is 71.8 Å². The zero-order valence-electron chi connectivity index (χ0n) is 14.9. The third-order valence-corrected chi connectivity index (χ3v) is 5.11. The number of H-pyrrole nitrogens is 1. The summed E-state index contributed by atoms with van der Waals surface area (Å²) in [5, 5.41) is 1.19. The summed E-state index contributed by atoms with van der Waals surface area (Å²) in [6.07, 6.45) is 6.78. The molecule has 5 rings (SSSR count). The minimum Gasteiger partial charge on any atom is -0.399 e. The lowest BCUT2D eigenvalue weighted by atomic mass is 10.1. The molecule has 1 aliphatic rings. The van der Waals surface area contributed by atoms with Crippen LogP contribution >= 0.6 is 0 Å². The average Bonchev–Trinajstić information content (AvgIpc) is 3.11. The van der Waals surface area contributed by atoms with E-state index in [-0.39, 0.29) is 0 Å². The van der Waals surface area contributed by atoms with Gasteiger partial charge in [0, 0.05) is 66.8 Å². The van der Waals surface area contributed by atoms with Crippen molar-refractivity contribution in [1.82, 2.24) is 24.8 Å². The van der Waals surface area contributed by atoms with E-state index in [1.165, 1.54) is 16.5 Å². The van der Waals surface area contributed by atoms with Crippen molar-refractivity contribution >= 4 is 16.7 Å². The number of hydrogen-bond donors (Lipinski definition) is 2. The summed E-state index contributed by atoms with van der Waals surface area (Å²) in [5.41, 5.74) is 12.1. The van der Waals surface area contributed by atoms with Gasteiger partial charge < -0.3 is 10.7 Å². The van der Waals surface area contributed by atoms with Gasteiger partial charge in [0.2, 0.25) is 0 Å². The Bertz CT molecular complexity index is 1100. The minimum atomic E-state index is 0.750. The first kappa shape index (κ1) is 16.0. The number of nitrogens with zero attached hydrogens (tertiary/aromatic N) is 4. The fraction of sp³-hybridized carbons (Fsp3) is 0.190. The van der Waals surface area contributed by atoms with Crippen LogP contribution in [0, 0.1) is 0 Å². The van der Waals surface area contributed by atoms with Crippen LogP contribution in [0.5, 0.6) is 0 Å². The van der Waals surface area contributed by atoms with Crippen LogP contribution in [0.25, 0.3) is 22.4 Å². The summed E-state index contributed by atoms with van der Waals surface area (Å²) in [6.45, 7) is 2.74. The Balaban J connectivity index is 1.36. The predicted octanol–water partition coefficient (Wildman–Crippen LogP) is 3.16. The number of fused-ring (bicyclic) bond motifs is 2. The lowest BCUT2D eigenvalue weighted by Gasteiger charge is -2.27. The van der Waals surface area contributed by atoms with Crippen molar-refractivity contribution in [3.8, 4) is 11.4 Å². The zero-order valence-corrected chi connectivity index (χ0v) is 14.9. The molecule has 0 atom stereocenters. The molecule has 27 heavy (non-hydrogen) atoms. The lowest BCUT2D eigenvalue weighted by molar-refractivity contribution is 0.244. The highest BCUT2D eigenvalue weighted by atomic mass is 15.1. The molecule has 0 bridgehead atoms. The highest BCUT2D eigenvalue weighted by molar-refractivity contribution is 5.79. The maximum absolute atomic E-state index is 5.77. The first-order valence-electron chi connectivity index (χ1n) is 9.10. The van der Waals surface area contributed by atoms with Crippen molar-refractivity contribution in [2.75, 3.05) is 12.3 Å². The van der Waals surface area contributed by atoms with Gasteiger partial charge in [0.1, 0.15) is 5.65 Å². The third kappa shape index (κ3) is 3.04. The SMILES string of the molecule is Nc1ccc(-c2ncc3c(n2)CCN(Cc2c[nH]c4ncccc24)C3)cc1. The van der Waals surface area contributed by atoms with E-state index in [1.807, 2.05) is 42.7 Å². The molecular weight excluding hydrogens is 336 g/mol. The molecule has 0 radical (unpaired) electrons. The molecule has 3 N–H and O–H groups in total. The molecule has 1 aliphatic heterocycles. The molecular formula is C21H20N6. The van der Waals surface area contributed by atoms with E-state index in [4.69, 9.17) is 10.7 Å². The van der Waals surface area contributed by atoms with Crippen molar-refractivity contribution < 1.29 is 0 Å². The fourth-order valence-corrected chi connectivity index (χ4v) is 3.67. The number of benzene rings is 1. The highest BCUT2D eigenvalue weighted by Crippen LogP contribution is 2.24. The van der Waals surface area contributed by atoms with Gasteiger partial charge in [0.15, 0.2) is 5.82 Å². The van der Waals surface area contributed by atoms with Crippen molar-refractivity contribution in [2.24, 2.45) is 0 Å². The normalized spacial score (nSPS) is 14.4. The Labute approximate surface area is 157 Å². The summed E-state index contributed by atoms with van der Waals surface area (Å²) in [5.74, 6) is 0.768. The molecule has 0 amide bonds. The van der Waals surface area contributed by atoms with Gasteiger partial charge in [-0.2, -0.15) is 0 Å². The zero-order chi connectivity index (χ0) is 18.2. The molecule has 0 aliphatic carbocycles. The second kappa shape index (κ2) is 6.48. The number of aromatic nitrogens is 4. The molecule has 0 fully saturated rings. The van der Waals surface area contributed by atoms with Crippen molar-refractivity contribution in [3.63, 3.8) is 0 Å². The fourth-order valence-electron chi connectivity index (χ4n) is 3.67. The Morgan fingerprint density at radius 3 is 2.89 bits per heavy atom. The number of nitrogens with two attached hydrogens (primary N) is 1. The first-order chi connectivity index (χ1) is 13.3. The summed E-state index contributed by atoms with van der Waals surface area (Å²) in [4.78, 5) is 19.4. The predicted molar refractivity (Wildman–Crippen MR) is 106 cm³/mol. The summed E-state index contributed by atoms with van der Waals surface area (Å²) >= 11 is 0. The molecule has 1 aromatic carbocycles. The first-order valence-corrected chi connectivity index (χ1v) is 9.10. The largest absolute Gasteiger partial charge is 0.399 e. The Morgan fingerprint density at radius 1 is 1.11 bits per heavy atom. The smallest absolute Gasteiger partial charge is 0.159 e. The quantitative estimate of drug-likeness (QED) is 0.551. The van der Waals surface area contributed by atoms with E-state index in [9.17, 15) is 0 Å². The van der Waals surface area contributed by atoms with Gasteiger partial charge in [-0.3, -0.25) is 4.90 Å². The molecule has 134 valence electrons. The number of rotatable bonds is 3. The topological polar surface area (TPSA) is 83.7 Å². The number of nitrogens with one attached hydrogen (secondary N) is 1. The van der Waals surface area contributed by atoms with Crippen LogP contribution < -0.4 is 5.73 Å². The lowest BCUT2D eigenvalue weighted by Crippen LogP contribution is -2.30. The molecule has 4 heterocycles. The summed E-state index contributed by atoms with van der Waals surface area (Å²) in [7, 11) is 0. The van der Waals surface area contributed by atoms with Crippen molar-refractivity contribution in [1.29, 1.82) is 0 Å². The number of anilines is 1. The van der Waals surface area contributed by atoms with Crippen molar-refractivity contribution in [2.45, 2.75) is 19.5 Å². The van der Waals surface area contributed by atoms with Crippen LogP contribution in [0.3, 0.4) is 0 Å². The molecule has 6 heteroatoms. The van der Waals surface area contributed by atoms with Gasteiger partial charge in [-0.1, -0.05) is 0 Å². The van der Waals surface area contributed by atoms with Crippen LogP contribution in [0.2, 0.25) is 0 Å². The van der Waals surface area contributed by atoms with Gasteiger partial charge in [-0.15, -0.1) is 0 Å². The highest BCUT2D eigenvalue weighted by Gasteiger charge is 2.20. The molecule has 0 saturated heterocycles. The van der Waals surface area contributed by atoms with E-state index < -0.39 is 0 Å². The van der Waals surface area contributed by atoms with Gasteiger partial charge >= 0.3 is 0 Å². The maximum Gasteiger partial charge on any atom is 0.159 e. The molecule has 3 aromatic heterocycles. The summed E-state index contributed by atoms with van der Waals surface area (Å²) < 4.78 is 0. The maximum atomic E-state index is 5.77. The number of nitrogen functional groups attached to an aromatic ring is 1. The van der Waals surface area contributed by atoms with Gasteiger partial charge in [-0.05, 0) is 42.0 Å². The molecule has 4 aromatic rings. The monoisotopic (exact) mass is 356 g/mol. The van der Waals surface area contributed by atoms with E-state index >= 15 is 0 Å². The van der Waals surface area contributed by atoms with Crippen LogP contribution in [0.4, 0.5) is 5.69 Å². The van der Waals surface area contributed by atoms with Crippen LogP contribution in [0.1, 0.15) is 16.8 Å². The Kier molecular flexibility index (Phi) is 3.83. The minimum absolute atomic E-state index is 0.750. The van der Waals surface area contributed by atoms with Crippen LogP contribution in [-0.4, -0.2) is 31.4 Å². The van der Waals surface area contributed by atoms with E-state index in [1.54, 1.807) is 0 Å². The number of aromatic amines is 1. The molecule has 0 saturated carbocycles. The molecule has 0 unspecified atom stereocenters. The number of hydrogen-bond acceptors (Lipinski definition) is 5. The molecule has 6 nitrogen and oxygen atoms in total. The standard InChI is InChI=1S/C21H20N6/c22-17-5-3-14(4-6-17)20-24-11-16-13-27(9-7-19(16)26-20)12-15-10-25-21-18(15)2-1-8-23-21/h1-6,8,10-11H,7,9,12-13,22H2,(H,23,25). The Hall–Kier alpha value is -3.25. The van der Waals surface area contributed by atoms with Crippen LogP contribution in [0.15, 0.2) is 55.0 Å². The van der Waals surface area contributed by atoms with E-state index in [2.05, 4.69) is 32.1 Å². The number of pyridine rings is 1. The third-order valence-electron chi connectivity index (χ3n) is 5.11. The van der Waals surface area contributed by atoms with Gasteiger partial charge in [0.25, 0.3) is 0 Å². The van der Waals surface area contributed by atoms with E-state index in [0.29, 0.717) is 0 Å². The second-order valence-electron chi connectivity index (χ2n) is 6.96. The summed E-state index contributed by atoms with van der Waals surface area (Å²) in [6, 6.07) is 11.8. The average molecular weight is 356 g/mol.